The molecule has 0 bridgehead atoms. The van der Waals surface area contributed by atoms with Gasteiger partial charge in [0.15, 0.2) is 18.1 Å². The second-order valence-corrected chi connectivity index (χ2v) is 6.50. The first-order valence-electron chi connectivity index (χ1n) is 8.80. The Morgan fingerprint density at radius 3 is 2.52 bits per heavy atom. The van der Waals surface area contributed by atoms with E-state index in [4.69, 9.17) is 14.2 Å². The third-order valence-electron chi connectivity index (χ3n) is 4.16. The molecule has 1 aliphatic rings. The third kappa shape index (κ3) is 4.75. The van der Waals surface area contributed by atoms with Crippen LogP contribution >= 0.6 is 0 Å². The Bertz CT molecular complexity index is 807. The Hall–Kier alpha value is -3.09. The van der Waals surface area contributed by atoms with Crippen molar-refractivity contribution in [2.45, 2.75) is 19.9 Å². The Morgan fingerprint density at radius 2 is 1.81 bits per heavy atom. The number of pyridine rings is 1. The molecule has 0 unspecified atom stereocenters. The fraction of sp³-hybridized carbons (Fsp3) is 0.350. The highest BCUT2D eigenvalue weighted by Gasteiger charge is 2.22. The highest BCUT2D eigenvalue weighted by molar-refractivity contribution is 5.91. The third-order valence-corrected chi connectivity index (χ3v) is 4.16. The quantitative estimate of drug-likeness (QED) is 0.787. The second-order valence-electron chi connectivity index (χ2n) is 6.50. The van der Waals surface area contributed by atoms with Crippen LogP contribution in [0.1, 0.15) is 35.8 Å². The van der Waals surface area contributed by atoms with Gasteiger partial charge in [0.05, 0.1) is 11.6 Å². The molecule has 1 amide bonds. The summed E-state index contributed by atoms with van der Waals surface area (Å²) in [5.41, 5.74) is 1.26. The Kier molecular flexibility index (Phi) is 5.90. The van der Waals surface area contributed by atoms with Gasteiger partial charge in [-0.3, -0.25) is 9.78 Å². The highest BCUT2D eigenvalue weighted by atomic mass is 16.6. The second kappa shape index (κ2) is 8.53. The van der Waals surface area contributed by atoms with Crippen LogP contribution in [0.15, 0.2) is 42.7 Å². The SMILES string of the molecule is CC(C)[C@@H](NC(=O)COC(=O)c1ccncc1)c1ccc2c(c1)OCCO2. The Morgan fingerprint density at radius 1 is 1.11 bits per heavy atom. The predicted molar refractivity (Wildman–Crippen MR) is 97.7 cm³/mol. The zero-order chi connectivity index (χ0) is 19.2. The molecule has 2 heterocycles. The van der Waals surface area contributed by atoms with Crippen molar-refractivity contribution in [3.8, 4) is 11.5 Å². The maximum atomic E-state index is 12.3. The monoisotopic (exact) mass is 370 g/mol. The summed E-state index contributed by atoms with van der Waals surface area (Å²) in [6.45, 7) is 4.68. The summed E-state index contributed by atoms with van der Waals surface area (Å²) in [6, 6.07) is 8.45. The van der Waals surface area contributed by atoms with Crippen molar-refractivity contribution < 1.29 is 23.8 Å². The van der Waals surface area contributed by atoms with Gasteiger partial charge in [0.2, 0.25) is 0 Å². The van der Waals surface area contributed by atoms with E-state index in [1.807, 2.05) is 32.0 Å². The number of aromatic nitrogens is 1. The van der Waals surface area contributed by atoms with Crippen molar-refractivity contribution in [1.82, 2.24) is 10.3 Å². The minimum absolute atomic E-state index is 0.132. The number of ether oxygens (including phenoxy) is 3. The molecule has 1 aromatic heterocycles. The lowest BCUT2D eigenvalue weighted by Crippen LogP contribution is -2.35. The summed E-state index contributed by atoms with van der Waals surface area (Å²) in [6.07, 6.45) is 2.99. The normalized spacial score (nSPS) is 13.7. The van der Waals surface area contributed by atoms with Crippen LogP contribution < -0.4 is 14.8 Å². The van der Waals surface area contributed by atoms with E-state index in [-0.39, 0.29) is 24.5 Å². The molecule has 1 aliphatic heterocycles. The van der Waals surface area contributed by atoms with E-state index in [2.05, 4.69) is 10.3 Å². The molecule has 0 saturated carbocycles. The van der Waals surface area contributed by atoms with Crippen molar-refractivity contribution in [3.05, 3.63) is 53.9 Å². The molecule has 2 aromatic rings. The van der Waals surface area contributed by atoms with Crippen LogP contribution in [0.3, 0.4) is 0 Å². The highest BCUT2D eigenvalue weighted by Crippen LogP contribution is 2.34. The number of benzene rings is 1. The van der Waals surface area contributed by atoms with Crippen LogP contribution in [0.25, 0.3) is 0 Å². The zero-order valence-corrected chi connectivity index (χ0v) is 15.3. The molecule has 0 aliphatic carbocycles. The summed E-state index contributed by atoms with van der Waals surface area (Å²) in [7, 11) is 0. The van der Waals surface area contributed by atoms with Crippen molar-refractivity contribution in [1.29, 1.82) is 0 Å². The molecule has 7 nitrogen and oxygen atoms in total. The number of nitrogens with zero attached hydrogens (tertiary/aromatic N) is 1. The molecule has 0 spiro atoms. The van der Waals surface area contributed by atoms with E-state index in [9.17, 15) is 9.59 Å². The molecule has 7 heteroatoms. The van der Waals surface area contributed by atoms with Crippen molar-refractivity contribution in [3.63, 3.8) is 0 Å². The number of carbonyl (C=O) groups excluding carboxylic acids is 2. The van der Waals surface area contributed by atoms with Crippen molar-refractivity contribution in [2.24, 2.45) is 5.92 Å². The molecule has 142 valence electrons. The molecular weight excluding hydrogens is 348 g/mol. The van der Waals surface area contributed by atoms with Gasteiger partial charge in [-0.25, -0.2) is 4.79 Å². The van der Waals surface area contributed by atoms with E-state index in [1.54, 1.807) is 0 Å². The number of carbonyl (C=O) groups is 2. The van der Waals surface area contributed by atoms with Crippen LogP contribution in [0.2, 0.25) is 0 Å². The number of fused-ring (bicyclic) bond motifs is 1. The molecule has 0 saturated heterocycles. The van der Waals surface area contributed by atoms with Crippen molar-refractivity contribution in [2.75, 3.05) is 19.8 Å². The number of hydrogen-bond donors (Lipinski definition) is 1. The molecular formula is C20H22N2O5. The minimum atomic E-state index is -0.562. The van der Waals surface area contributed by atoms with Gasteiger partial charge in [0.25, 0.3) is 5.91 Å². The molecule has 0 radical (unpaired) electrons. The molecule has 1 atom stereocenters. The zero-order valence-electron chi connectivity index (χ0n) is 15.3. The number of rotatable bonds is 6. The Balaban J connectivity index is 1.62. The summed E-state index contributed by atoms with van der Waals surface area (Å²) in [5, 5.41) is 2.92. The average Bonchev–Trinajstić information content (AvgIpc) is 2.70. The predicted octanol–water partition coefficient (Wildman–Crippen LogP) is 2.52. The molecule has 1 N–H and O–H groups in total. The summed E-state index contributed by atoms with van der Waals surface area (Å²) < 4.78 is 16.2. The number of amides is 1. The molecule has 0 fully saturated rings. The average molecular weight is 370 g/mol. The van der Waals surface area contributed by atoms with Crippen molar-refractivity contribution >= 4 is 11.9 Å². The van der Waals surface area contributed by atoms with Crippen LogP contribution in [-0.2, 0) is 9.53 Å². The summed E-state index contributed by atoms with van der Waals surface area (Å²) >= 11 is 0. The van der Waals surface area contributed by atoms with Gasteiger partial charge < -0.3 is 19.5 Å². The number of hydrogen-bond acceptors (Lipinski definition) is 6. The van der Waals surface area contributed by atoms with Gasteiger partial charge in [-0.05, 0) is 35.7 Å². The first-order chi connectivity index (χ1) is 13.0. The summed E-state index contributed by atoms with van der Waals surface area (Å²) in [5.74, 6) is 0.569. The lowest BCUT2D eigenvalue weighted by Gasteiger charge is -2.25. The van der Waals surface area contributed by atoms with E-state index in [1.165, 1.54) is 24.5 Å². The van der Waals surface area contributed by atoms with Gasteiger partial charge >= 0.3 is 5.97 Å². The lowest BCUT2D eigenvalue weighted by molar-refractivity contribution is -0.125. The maximum Gasteiger partial charge on any atom is 0.338 e. The van der Waals surface area contributed by atoms with Gasteiger partial charge in [-0.1, -0.05) is 19.9 Å². The fourth-order valence-corrected chi connectivity index (χ4v) is 2.81. The van der Waals surface area contributed by atoms with Crippen LogP contribution in [-0.4, -0.2) is 36.7 Å². The lowest BCUT2D eigenvalue weighted by atomic mass is 9.95. The van der Waals surface area contributed by atoms with E-state index in [0.717, 1.165) is 5.56 Å². The smallest absolute Gasteiger partial charge is 0.338 e. The van der Waals surface area contributed by atoms with Gasteiger partial charge in [-0.15, -0.1) is 0 Å². The molecule has 3 rings (SSSR count). The van der Waals surface area contributed by atoms with Crippen LogP contribution in [0.5, 0.6) is 11.5 Å². The maximum absolute atomic E-state index is 12.3. The van der Waals surface area contributed by atoms with E-state index >= 15 is 0 Å². The minimum Gasteiger partial charge on any atom is -0.486 e. The first-order valence-corrected chi connectivity index (χ1v) is 8.80. The molecule has 1 aromatic carbocycles. The number of esters is 1. The Labute approximate surface area is 157 Å². The topological polar surface area (TPSA) is 86.8 Å². The standard InChI is InChI=1S/C20H22N2O5/c1-13(2)19(15-3-4-16-17(11-15)26-10-9-25-16)22-18(23)12-27-20(24)14-5-7-21-8-6-14/h3-8,11,13,19H,9-10,12H2,1-2H3,(H,22,23)/t19-/m1/s1. The fourth-order valence-electron chi connectivity index (χ4n) is 2.81. The van der Waals surface area contributed by atoms with E-state index < -0.39 is 5.97 Å². The van der Waals surface area contributed by atoms with Crippen LogP contribution in [0, 0.1) is 5.92 Å². The summed E-state index contributed by atoms with van der Waals surface area (Å²) in [4.78, 5) is 28.1. The number of nitrogens with one attached hydrogen (secondary N) is 1. The van der Waals surface area contributed by atoms with Crippen LogP contribution in [0.4, 0.5) is 0 Å². The van der Waals surface area contributed by atoms with Gasteiger partial charge in [-0.2, -0.15) is 0 Å². The van der Waals surface area contributed by atoms with E-state index in [0.29, 0.717) is 30.3 Å². The van der Waals surface area contributed by atoms with Gasteiger partial charge in [0, 0.05) is 12.4 Å². The largest absolute Gasteiger partial charge is 0.486 e. The van der Waals surface area contributed by atoms with Gasteiger partial charge in [0.1, 0.15) is 13.2 Å². The first kappa shape index (κ1) is 18.7. The molecule has 27 heavy (non-hydrogen) atoms.